The molecule has 0 atom stereocenters. The van der Waals surface area contributed by atoms with Crippen LogP contribution in [0.5, 0.6) is 0 Å². The Balaban J connectivity index is 2.68. The third kappa shape index (κ3) is 5.51. The Morgan fingerprint density at radius 3 is 2.67 bits per heavy atom. The van der Waals surface area contributed by atoms with Gasteiger partial charge in [-0.2, -0.15) is 0 Å². The van der Waals surface area contributed by atoms with E-state index in [9.17, 15) is 13.2 Å². The van der Waals surface area contributed by atoms with Crippen molar-refractivity contribution in [2.24, 2.45) is 0 Å². The number of benzene rings is 1. The summed E-state index contributed by atoms with van der Waals surface area (Å²) in [5.74, 6) is 0. The van der Waals surface area contributed by atoms with Gasteiger partial charge in [0.25, 0.3) is 0 Å². The van der Waals surface area contributed by atoms with Gasteiger partial charge in [0, 0.05) is 5.69 Å². The fourth-order valence-corrected chi connectivity index (χ4v) is 1.72. The van der Waals surface area contributed by atoms with E-state index in [-0.39, 0.29) is 13.2 Å². The van der Waals surface area contributed by atoms with Gasteiger partial charge in [-0.25, -0.2) is 13.2 Å². The van der Waals surface area contributed by atoms with Gasteiger partial charge in [0.05, 0.1) is 18.6 Å². The number of amides is 1. The third-order valence-corrected chi connectivity index (χ3v) is 2.34. The minimum Gasteiger partial charge on any atom is -0.447 e. The SMILES string of the molecule is CS(=O)(=O)Nc1cccc(NC(=O)OCCO)c1. The van der Waals surface area contributed by atoms with E-state index < -0.39 is 16.1 Å². The predicted octanol–water partition coefficient (Wildman–Crippen LogP) is 0.599. The topological polar surface area (TPSA) is 105 Å². The summed E-state index contributed by atoms with van der Waals surface area (Å²) in [6.45, 7) is -0.365. The molecule has 8 heteroatoms. The van der Waals surface area contributed by atoms with Crippen molar-refractivity contribution in [2.75, 3.05) is 29.5 Å². The van der Waals surface area contributed by atoms with Crippen molar-refractivity contribution in [1.29, 1.82) is 0 Å². The van der Waals surface area contributed by atoms with Crippen molar-refractivity contribution in [1.82, 2.24) is 0 Å². The van der Waals surface area contributed by atoms with Crippen LogP contribution in [0.4, 0.5) is 16.2 Å². The number of carbonyl (C=O) groups is 1. The number of aliphatic hydroxyl groups excluding tert-OH is 1. The van der Waals surface area contributed by atoms with Gasteiger partial charge in [0.15, 0.2) is 0 Å². The number of sulfonamides is 1. The predicted molar refractivity (Wildman–Crippen MR) is 67.0 cm³/mol. The largest absolute Gasteiger partial charge is 0.447 e. The number of aliphatic hydroxyl groups is 1. The minimum atomic E-state index is -3.36. The van der Waals surface area contributed by atoms with Crippen molar-refractivity contribution in [3.8, 4) is 0 Å². The smallest absolute Gasteiger partial charge is 0.411 e. The molecule has 1 aromatic carbocycles. The maximum Gasteiger partial charge on any atom is 0.411 e. The molecule has 0 bridgehead atoms. The van der Waals surface area contributed by atoms with Gasteiger partial charge in [-0.3, -0.25) is 10.0 Å². The second kappa shape index (κ2) is 6.22. The van der Waals surface area contributed by atoms with E-state index in [0.717, 1.165) is 6.26 Å². The van der Waals surface area contributed by atoms with Crippen molar-refractivity contribution in [3.05, 3.63) is 24.3 Å². The lowest BCUT2D eigenvalue weighted by molar-refractivity contribution is 0.131. The zero-order chi connectivity index (χ0) is 13.6. The summed E-state index contributed by atoms with van der Waals surface area (Å²) in [5, 5.41) is 10.9. The lowest BCUT2D eigenvalue weighted by Crippen LogP contribution is -2.16. The first-order valence-corrected chi connectivity index (χ1v) is 6.92. The number of anilines is 2. The van der Waals surface area contributed by atoms with Crippen LogP contribution in [-0.4, -0.2) is 39.1 Å². The van der Waals surface area contributed by atoms with Crippen molar-refractivity contribution in [2.45, 2.75) is 0 Å². The summed E-state index contributed by atoms with van der Waals surface area (Å²) in [5.41, 5.74) is 0.712. The maximum atomic E-state index is 11.2. The molecule has 0 saturated carbocycles. The van der Waals surface area contributed by atoms with Crippen LogP contribution in [0.2, 0.25) is 0 Å². The van der Waals surface area contributed by atoms with E-state index in [1.807, 2.05) is 0 Å². The van der Waals surface area contributed by atoms with Crippen molar-refractivity contribution < 1.29 is 23.1 Å². The third-order valence-electron chi connectivity index (χ3n) is 1.74. The summed E-state index contributed by atoms with van der Waals surface area (Å²) in [4.78, 5) is 11.2. The highest BCUT2D eigenvalue weighted by molar-refractivity contribution is 7.92. The maximum absolute atomic E-state index is 11.2. The Bertz CT molecular complexity index is 515. The van der Waals surface area contributed by atoms with E-state index >= 15 is 0 Å². The van der Waals surface area contributed by atoms with Gasteiger partial charge in [-0.1, -0.05) is 6.07 Å². The van der Waals surface area contributed by atoms with Crippen LogP contribution in [0, 0.1) is 0 Å². The number of hydrogen-bond donors (Lipinski definition) is 3. The second-order valence-electron chi connectivity index (χ2n) is 3.44. The second-order valence-corrected chi connectivity index (χ2v) is 5.19. The van der Waals surface area contributed by atoms with Gasteiger partial charge >= 0.3 is 6.09 Å². The molecule has 7 nitrogen and oxygen atoms in total. The highest BCUT2D eigenvalue weighted by Crippen LogP contribution is 2.16. The summed E-state index contributed by atoms with van der Waals surface area (Å²) in [6.07, 6.45) is 0.309. The van der Waals surface area contributed by atoms with Crippen LogP contribution in [-0.2, 0) is 14.8 Å². The van der Waals surface area contributed by atoms with Crippen LogP contribution in [0.3, 0.4) is 0 Å². The Hall–Kier alpha value is -1.80. The van der Waals surface area contributed by atoms with Crippen LogP contribution in [0.25, 0.3) is 0 Å². The van der Waals surface area contributed by atoms with Gasteiger partial charge in [-0.05, 0) is 18.2 Å². The van der Waals surface area contributed by atoms with E-state index in [0.29, 0.717) is 11.4 Å². The Labute approximate surface area is 105 Å². The number of carbonyl (C=O) groups excluding carboxylic acids is 1. The molecule has 0 spiro atoms. The molecule has 0 saturated heterocycles. The molecule has 0 aliphatic carbocycles. The number of rotatable bonds is 5. The molecule has 0 aliphatic rings. The van der Waals surface area contributed by atoms with E-state index in [4.69, 9.17) is 5.11 Å². The van der Waals surface area contributed by atoms with Gasteiger partial charge in [0.2, 0.25) is 10.0 Å². The molecular formula is C10H14N2O5S. The number of hydrogen-bond acceptors (Lipinski definition) is 5. The summed E-state index contributed by atoms with van der Waals surface area (Å²) >= 11 is 0. The molecule has 0 radical (unpaired) electrons. The minimum absolute atomic E-state index is 0.104. The fraction of sp³-hybridized carbons (Fsp3) is 0.300. The van der Waals surface area contributed by atoms with E-state index in [1.54, 1.807) is 18.2 Å². The van der Waals surface area contributed by atoms with Crippen LogP contribution in [0.1, 0.15) is 0 Å². The Morgan fingerprint density at radius 1 is 1.39 bits per heavy atom. The molecule has 1 aromatic rings. The van der Waals surface area contributed by atoms with Crippen molar-refractivity contribution in [3.63, 3.8) is 0 Å². The molecule has 0 aromatic heterocycles. The zero-order valence-electron chi connectivity index (χ0n) is 9.71. The first-order valence-electron chi connectivity index (χ1n) is 5.03. The monoisotopic (exact) mass is 274 g/mol. The fourth-order valence-electron chi connectivity index (χ4n) is 1.17. The van der Waals surface area contributed by atoms with Gasteiger partial charge in [-0.15, -0.1) is 0 Å². The highest BCUT2D eigenvalue weighted by Gasteiger charge is 2.05. The van der Waals surface area contributed by atoms with Crippen LogP contribution >= 0.6 is 0 Å². The Kier molecular flexibility index (Phi) is 4.93. The standard InChI is InChI=1S/C10H14N2O5S/c1-18(15,16)12-9-4-2-3-8(7-9)11-10(14)17-6-5-13/h2-4,7,12-13H,5-6H2,1H3,(H,11,14). The molecule has 100 valence electrons. The quantitative estimate of drug-likeness (QED) is 0.729. The molecule has 3 N–H and O–H groups in total. The lowest BCUT2D eigenvalue weighted by Gasteiger charge is -2.08. The highest BCUT2D eigenvalue weighted by atomic mass is 32.2. The zero-order valence-corrected chi connectivity index (χ0v) is 10.5. The van der Waals surface area contributed by atoms with Gasteiger partial charge < -0.3 is 9.84 Å². The molecule has 18 heavy (non-hydrogen) atoms. The molecule has 1 rings (SSSR count). The molecular weight excluding hydrogens is 260 g/mol. The first-order chi connectivity index (χ1) is 8.40. The molecule has 0 heterocycles. The summed E-state index contributed by atoms with van der Waals surface area (Å²) in [6, 6.07) is 6.15. The molecule has 1 amide bonds. The molecule has 0 unspecified atom stereocenters. The summed E-state index contributed by atoms with van der Waals surface area (Å²) in [7, 11) is -3.36. The van der Waals surface area contributed by atoms with E-state index in [2.05, 4.69) is 14.8 Å². The van der Waals surface area contributed by atoms with Crippen LogP contribution < -0.4 is 10.0 Å². The Morgan fingerprint density at radius 2 is 2.06 bits per heavy atom. The van der Waals surface area contributed by atoms with Crippen LogP contribution in [0.15, 0.2) is 24.3 Å². The normalized spacial score (nSPS) is 10.8. The number of ether oxygens (including phenoxy) is 1. The first kappa shape index (κ1) is 14.3. The van der Waals surface area contributed by atoms with E-state index in [1.165, 1.54) is 6.07 Å². The summed E-state index contributed by atoms with van der Waals surface area (Å²) < 4.78 is 28.9. The molecule has 0 fully saturated rings. The average molecular weight is 274 g/mol. The molecule has 0 aliphatic heterocycles. The average Bonchev–Trinajstić information content (AvgIpc) is 2.24. The lowest BCUT2D eigenvalue weighted by atomic mass is 10.3. The van der Waals surface area contributed by atoms with Gasteiger partial charge in [0.1, 0.15) is 6.61 Å². The van der Waals surface area contributed by atoms with Crippen molar-refractivity contribution >= 4 is 27.5 Å². The number of nitrogens with one attached hydrogen (secondary N) is 2.